The molecule has 9 heteroatoms. The van der Waals surface area contributed by atoms with E-state index in [4.69, 9.17) is 4.74 Å². The zero-order valence-electron chi connectivity index (χ0n) is 13.1. The molecule has 0 saturated carbocycles. The summed E-state index contributed by atoms with van der Waals surface area (Å²) in [4.78, 5) is 45.9. The number of aryl methyl sites for hydroxylation is 1. The molecule has 1 heterocycles. The summed E-state index contributed by atoms with van der Waals surface area (Å²) >= 11 is 0. The van der Waals surface area contributed by atoms with E-state index in [1.54, 1.807) is 6.92 Å². The predicted molar refractivity (Wildman–Crippen MR) is 79.9 cm³/mol. The third-order valence-electron chi connectivity index (χ3n) is 3.00. The van der Waals surface area contributed by atoms with E-state index in [-0.39, 0.29) is 18.7 Å². The fourth-order valence-corrected chi connectivity index (χ4v) is 1.79. The summed E-state index contributed by atoms with van der Waals surface area (Å²) in [5.74, 6) is -1.59. The smallest absolute Gasteiger partial charge is 0.321 e. The number of hydrogen-bond acceptors (Lipinski definition) is 6. The molecule has 1 aromatic rings. The highest BCUT2D eigenvalue weighted by molar-refractivity contribution is 5.96. The van der Waals surface area contributed by atoms with E-state index in [0.29, 0.717) is 5.69 Å². The lowest BCUT2D eigenvalue weighted by molar-refractivity contribution is -0.154. The number of nitrogens with one attached hydrogen (secondary N) is 2. The summed E-state index contributed by atoms with van der Waals surface area (Å²) in [5, 5.41) is 13.5. The van der Waals surface area contributed by atoms with Gasteiger partial charge in [-0.25, -0.2) is 4.79 Å². The molecule has 0 saturated heterocycles. The maximum atomic E-state index is 11.7. The van der Waals surface area contributed by atoms with Gasteiger partial charge in [0.05, 0.1) is 6.42 Å². The molecule has 1 atom stereocenters. The Kier molecular flexibility index (Phi) is 6.31. The second-order valence-corrected chi connectivity index (χ2v) is 4.80. The molecule has 1 aromatic heterocycles. The Morgan fingerprint density at radius 1 is 1.35 bits per heavy atom. The van der Waals surface area contributed by atoms with Gasteiger partial charge in [-0.2, -0.15) is 0 Å². The molecule has 0 aliphatic rings. The van der Waals surface area contributed by atoms with Crippen LogP contribution in [0.5, 0.6) is 5.75 Å². The molecule has 3 N–H and O–H groups in total. The molecule has 0 bridgehead atoms. The number of nitrogens with zero attached hydrogens (tertiary/aromatic N) is 1. The number of hydrogen-bond donors (Lipinski definition) is 3. The third kappa shape index (κ3) is 5.46. The molecule has 0 aromatic carbocycles. The van der Waals surface area contributed by atoms with Gasteiger partial charge >= 0.3 is 12.0 Å². The van der Waals surface area contributed by atoms with Crippen molar-refractivity contribution >= 4 is 17.9 Å². The lowest BCUT2D eigenvalue weighted by Crippen LogP contribution is -2.43. The first-order chi connectivity index (χ1) is 10.7. The molecule has 23 heavy (non-hydrogen) atoms. The third-order valence-corrected chi connectivity index (χ3v) is 3.00. The number of imide groups is 1. The number of urea groups is 1. The summed E-state index contributed by atoms with van der Waals surface area (Å²) in [7, 11) is 1.34. The van der Waals surface area contributed by atoms with Crippen LogP contribution in [0.3, 0.4) is 0 Å². The molecule has 9 nitrogen and oxygen atoms in total. The Morgan fingerprint density at radius 2 is 2.00 bits per heavy atom. The van der Waals surface area contributed by atoms with Crippen molar-refractivity contribution in [1.29, 1.82) is 0 Å². The molecule has 1 rings (SSSR count). The predicted octanol–water partition coefficient (Wildman–Crippen LogP) is -0.360. The minimum atomic E-state index is -1.14. The van der Waals surface area contributed by atoms with Crippen LogP contribution >= 0.6 is 0 Å². The van der Waals surface area contributed by atoms with Crippen LogP contribution in [-0.4, -0.2) is 40.7 Å². The van der Waals surface area contributed by atoms with Crippen LogP contribution in [0, 0.1) is 6.92 Å². The highest BCUT2D eigenvalue weighted by atomic mass is 16.5. The lowest BCUT2D eigenvalue weighted by Gasteiger charge is -2.14. The Balaban J connectivity index is 2.56. The molecular weight excluding hydrogens is 306 g/mol. The molecule has 126 valence electrons. The number of carbonyl (C=O) groups excluding carboxylic acids is 3. The van der Waals surface area contributed by atoms with Crippen molar-refractivity contribution in [1.82, 2.24) is 15.2 Å². The number of rotatable bonds is 5. The summed E-state index contributed by atoms with van der Waals surface area (Å²) in [6.07, 6.45) is -1.28. The average Bonchev–Trinajstić information content (AvgIpc) is 2.45. The summed E-state index contributed by atoms with van der Waals surface area (Å²) in [5.41, 5.74) is 0.0499. The van der Waals surface area contributed by atoms with Crippen LogP contribution in [0.2, 0.25) is 0 Å². The van der Waals surface area contributed by atoms with E-state index in [1.165, 1.54) is 24.6 Å². The summed E-state index contributed by atoms with van der Waals surface area (Å²) < 4.78 is 6.19. The Bertz CT molecular complexity index is 667. The topological polar surface area (TPSA) is 127 Å². The SMILES string of the molecule is CNC(=O)NC(=O)[C@H](C)OC(=O)CCn1c(C)cc(O)cc1=O. The number of amides is 3. The Labute approximate surface area is 132 Å². The normalized spacial score (nSPS) is 11.4. The van der Waals surface area contributed by atoms with Crippen LogP contribution in [0.15, 0.2) is 16.9 Å². The first kappa shape index (κ1) is 18.2. The van der Waals surface area contributed by atoms with Gasteiger partial charge in [0.1, 0.15) is 5.75 Å². The van der Waals surface area contributed by atoms with Crippen LogP contribution in [-0.2, 0) is 20.9 Å². The fraction of sp³-hybridized carbons (Fsp3) is 0.429. The highest BCUT2D eigenvalue weighted by Gasteiger charge is 2.19. The second kappa shape index (κ2) is 7.97. The van der Waals surface area contributed by atoms with Gasteiger partial charge < -0.3 is 19.7 Å². The summed E-state index contributed by atoms with van der Waals surface area (Å²) in [6.45, 7) is 2.99. The van der Waals surface area contributed by atoms with E-state index in [9.17, 15) is 24.3 Å². The van der Waals surface area contributed by atoms with Crippen LogP contribution < -0.4 is 16.2 Å². The van der Waals surface area contributed by atoms with Crippen LogP contribution in [0.4, 0.5) is 4.79 Å². The average molecular weight is 325 g/mol. The van der Waals surface area contributed by atoms with Crippen molar-refractivity contribution < 1.29 is 24.2 Å². The van der Waals surface area contributed by atoms with Crippen molar-refractivity contribution in [3.05, 3.63) is 28.2 Å². The van der Waals surface area contributed by atoms with Gasteiger partial charge in [-0.05, 0) is 19.9 Å². The Morgan fingerprint density at radius 3 is 2.57 bits per heavy atom. The molecular formula is C14H19N3O6. The zero-order chi connectivity index (χ0) is 17.6. The van der Waals surface area contributed by atoms with Crippen molar-refractivity contribution in [2.75, 3.05) is 7.05 Å². The number of aromatic nitrogens is 1. The van der Waals surface area contributed by atoms with Gasteiger partial charge in [0, 0.05) is 25.4 Å². The molecule has 0 spiro atoms. The molecule has 0 radical (unpaired) electrons. The lowest BCUT2D eigenvalue weighted by atomic mass is 10.3. The fourth-order valence-electron chi connectivity index (χ4n) is 1.79. The molecule has 0 aliphatic heterocycles. The molecule has 3 amide bonds. The van der Waals surface area contributed by atoms with E-state index in [0.717, 1.165) is 6.07 Å². The van der Waals surface area contributed by atoms with E-state index >= 15 is 0 Å². The van der Waals surface area contributed by atoms with E-state index in [2.05, 4.69) is 5.32 Å². The molecule has 0 fully saturated rings. The van der Waals surface area contributed by atoms with Gasteiger partial charge in [-0.1, -0.05) is 0 Å². The summed E-state index contributed by atoms with van der Waals surface area (Å²) in [6, 6.07) is 1.73. The monoisotopic (exact) mass is 325 g/mol. The van der Waals surface area contributed by atoms with Gasteiger partial charge in [-0.15, -0.1) is 0 Å². The van der Waals surface area contributed by atoms with E-state index in [1.807, 2.05) is 5.32 Å². The minimum Gasteiger partial charge on any atom is -0.508 e. The Hall–Kier alpha value is -2.84. The highest BCUT2D eigenvalue weighted by Crippen LogP contribution is 2.07. The standard InChI is InChI=1S/C14H19N3O6/c1-8-6-10(18)7-11(19)17(8)5-4-12(20)23-9(2)13(21)16-14(22)15-3/h6-7,9,18H,4-5H2,1-3H3,(H2,15,16,21,22)/t9-/m0/s1. The number of carbonyl (C=O) groups is 3. The second-order valence-electron chi connectivity index (χ2n) is 4.80. The quantitative estimate of drug-likeness (QED) is 0.635. The van der Waals surface area contributed by atoms with Crippen molar-refractivity contribution in [2.24, 2.45) is 0 Å². The maximum Gasteiger partial charge on any atom is 0.321 e. The molecule has 0 unspecified atom stereocenters. The maximum absolute atomic E-state index is 11.7. The number of aromatic hydroxyl groups is 1. The van der Waals surface area contributed by atoms with Crippen molar-refractivity contribution in [3.8, 4) is 5.75 Å². The number of esters is 1. The largest absolute Gasteiger partial charge is 0.508 e. The van der Waals surface area contributed by atoms with E-state index < -0.39 is 29.6 Å². The zero-order valence-corrected chi connectivity index (χ0v) is 13.1. The first-order valence-electron chi connectivity index (χ1n) is 6.87. The van der Waals surface area contributed by atoms with Crippen molar-refractivity contribution in [2.45, 2.75) is 32.9 Å². The van der Waals surface area contributed by atoms with Crippen molar-refractivity contribution in [3.63, 3.8) is 0 Å². The van der Waals surface area contributed by atoms with Crippen LogP contribution in [0.25, 0.3) is 0 Å². The van der Waals surface area contributed by atoms with Gasteiger partial charge in [-0.3, -0.25) is 19.7 Å². The first-order valence-corrected chi connectivity index (χ1v) is 6.87. The number of ether oxygens (including phenoxy) is 1. The minimum absolute atomic E-state index is 0.0492. The van der Waals surface area contributed by atoms with Gasteiger partial charge in [0.15, 0.2) is 6.10 Å². The molecule has 0 aliphatic carbocycles. The van der Waals surface area contributed by atoms with Gasteiger partial charge in [0.2, 0.25) is 0 Å². The van der Waals surface area contributed by atoms with Crippen LogP contribution in [0.1, 0.15) is 19.0 Å². The number of pyridine rings is 1. The van der Waals surface area contributed by atoms with Gasteiger partial charge in [0.25, 0.3) is 11.5 Å².